The highest BCUT2D eigenvalue weighted by Gasteiger charge is 2.39. The number of halogens is 1. The molecule has 0 radical (unpaired) electrons. The molecule has 1 aliphatic carbocycles. The van der Waals surface area contributed by atoms with Crippen molar-refractivity contribution in [2.75, 3.05) is 0 Å². The SMILES string of the molecule is CC1(S(=O)(=O)n2cc(C=O)c3ccccc32)C=CC(F)=CC1. The second kappa shape index (κ2) is 4.91. The van der Waals surface area contributed by atoms with E-state index in [1.165, 1.54) is 25.3 Å². The molecule has 22 heavy (non-hydrogen) atoms. The first-order valence-corrected chi connectivity index (χ1v) is 8.18. The quantitative estimate of drug-likeness (QED) is 0.816. The second-order valence-corrected chi connectivity index (χ2v) is 7.74. The Labute approximate surface area is 127 Å². The zero-order chi connectivity index (χ0) is 16.0. The van der Waals surface area contributed by atoms with E-state index in [0.717, 1.165) is 10.0 Å². The molecule has 1 aliphatic rings. The van der Waals surface area contributed by atoms with E-state index in [0.29, 0.717) is 22.8 Å². The van der Waals surface area contributed by atoms with E-state index in [2.05, 4.69) is 0 Å². The van der Waals surface area contributed by atoms with Crippen LogP contribution in [0.2, 0.25) is 0 Å². The Morgan fingerprint density at radius 3 is 2.68 bits per heavy atom. The molecule has 1 aromatic heterocycles. The minimum atomic E-state index is -3.84. The molecule has 0 N–H and O–H groups in total. The topological polar surface area (TPSA) is 56.1 Å². The molecule has 0 bridgehead atoms. The van der Waals surface area contributed by atoms with Crippen LogP contribution < -0.4 is 0 Å². The molecule has 6 heteroatoms. The van der Waals surface area contributed by atoms with Gasteiger partial charge >= 0.3 is 0 Å². The number of hydrogen-bond donors (Lipinski definition) is 0. The first-order valence-electron chi connectivity index (χ1n) is 6.74. The summed E-state index contributed by atoms with van der Waals surface area (Å²) in [6.45, 7) is 1.54. The molecular formula is C16H14FNO3S. The molecule has 0 amide bonds. The van der Waals surface area contributed by atoms with Crippen LogP contribution in [0.15, 0.2) is 54.5 Å². The lowest BCUT2D eigenvalue weighted by Crippen LogP contribution is -2.38. The molecule has 2 aromatic rings. The van der Waals surface area contributed by atoms with E-state index >= 15 is 0 Å². The number of allylic oxidation sites excluding steroid dienone is 3. The Kier molecular flexibility index (Phi) is 3.29. The van der Waals surface area contributed by atoms with Gasteiger partial charge in [0.2, 0.25) is 10.0 Å². The summed E-state index contributed by atoms with van der Waals surface area (Å²) < 4.78 is 39.0. The van der Waals surface area contributed by atoms with Crippen LogP contribution in [0, 0.1) is 0 Å². The van der Waals surface area contributed by atoms with E-state index in [1.54, 1.807) is 24.3 Å². The highest BCUT2D eigenvalue weighted by molar-refractivity contribution is 7.91. The maximum absolute atomic E-state index is 13.2. The number of nitrogens with zero attached hydrogens (tertiary/aromatic N) is 1. The molecular weight excluding hydrogens is 305 g/mol. The van der Waals surface area contributed by atoms with Gasteiger partial charge in [0.1, 0.15) is 10.6 Å². The Morgan fingerprint density at radius 1 is 1.32 bits per heavy atom. The van der Waals surface area contributed by atoms with Gasteiger partial charge in [-0.25, -0.2) is 16.8 Å². The molecule has 1 aromatic carbocycles. The van der Waals surface area contributed by atoms with Crippen LogP contribution in [0.25, 0.3) is 10.9 Å². The van der Waals surface area contributed by atoms with Gasteiger partial charge in [-0.2, -0.15) is 0 Å². The van der Waals surface area contributed by atoms with E-state index in [-0.39, 0.29) is 6.42 Å². The van der Waals surface area contributed by atoms with Crippen molar-refractivity contribution in [1.82, 2.24) is 3.97 Å². The van der Waals surface area contributed by atoms with Crippen molar-refractivity contribution in [1.29, 1.82) is 0 Å². The summed E-state index contributed by atoms with van der Waals surface area (Å²) in [7, 11) is -3.84. The van der Waals surface area contributed by atoms with Crippen molar-refractivity contribution in [2.24, 2.45) is 0 Å². The number of carbonyl (C=O) groups excluding carboxylic acids is 1. The minimum absolute atomic E-state index is 0.0423. The number of aromatic nitrogens is 1. The maximum atomic E-state index is 13.2. The summed E-state index contributed by atoms with van der Waals surface area (Å²) >= 11 is 0. The third kappa shape index (κ3) is 2.02. The van der Waals surface area contributed by atoms with Crippen molar-refractivity contribution < 1.29 is 17.6 Å². The van der Waals surface area contributed by atoms with Crippen LogP contribution in [0.4, 0.5) is 4.39 Å². The van der Waals surface area contributed by atoms with E-state index < -0.39 is 20.6 Å². The van der Waals surface area contributed by atoms with Crippen molar-refractivity contribution in [3.8, 4) is 0 Å². The van der Waals surface area contributed by atoms with Gasteiger partial charge in [0.25, 0.3) is 0 Å². The third-order valence-electron chi connectivity index (χ3n) is 3.98. The summed E-state index contributed by atoms with van der Waals surface area (Å²) in [5, 5.41) is 0.575. The largest absolute Gasteiger partial charge is 0.298 e. The molecule has 4 nitrogen and oxygen atoms in total. The summed E-state index contributed by atoms with van der Waals surface area (Å²) in [5.74, 6) is -0.446. The zero-order valence-corrected chi connectivity index (χ0v) is 12.7. The van der Waals surface area contributed by atoms with E-state index in [1.807, 2.05) is 0 Å². The summed E-state index contributed by atoms with van der Waals surface area (Å²) in [5.41, 5.74) is 0.749. The Bertz CT molecular complexity index is 924. The highest BCUT2D eigenvalue weighted by Crippen LogP contribution is 2.33. The van der Waals surface area contributed by atoms with Crippen LogP contribution in [0.3, 0.4) is 0 Å². The minimum Gasteiger partial charge on any atom is -0.298 e. The average Bonchev–Trinajstić information content (AvgIpc) is 2.89. The van der Waals surface area contributed by atoms with Gasteiger partial charge in [0.15, 0.2) is 6.29 Å². The molecule has 0 saturated carbocycles. The van der Waals surface area contributed by atoms with Gasteiger partial charge in [-0.05, 0) is 31.6 Å². The van der Waals surface area contributed by atoms with Crippen LogP contribution in [0.5, 0.6) is 0 Å². The van der Waals surface area contributed by atoms with Crippen LogP contribution >= 0.6 is 0 Å². The normalized spacial score (nSPS) is 21.8. The predicted octanol–water partition coefficient (Wildman–Crippen LogP) is 3.20. The summed E-state index contributed by atoms with van der Waals surface area (Å²) in [6, 6.07) is 6.80. The first kappa shape index (κ1) is 14.7. The molecule has 0 spiro atoms. The lowest BCUT2D eigenvalue weighted by molar-refractivity contribution is 0.112. The zero-order valence-electron chi connectivity index (χ0n) is 11.9. The fourth-order valence-electron chi connectivity index (χ4n) is 2.58. The van der Waals surface area contributed by atoms with Gasteiger partial charge in [-0.15, -0.1) is 0 Å². The van der Waals surface area contributed by atoms with Gasteiger partial charge in [-0.1, -0.05) is 24.3 Å². The molecule has 3 rings (SSSR count). The molecule has 0 fully saturated rings. The smallest absolute Gasteiger partial charge is 0.248 e. The Morgan fingerprint density at radius 2 is 2.05 bits per heavy atom. The molecule has 0 saturated heterocycles. The van der Waals surface area contributed by atoms with E-state index in [9.17, 15) is 17.6 Å². The monoisotopic (exact) mass is 319 g/mol. The number of carbonyl (C=O) groups is 1. The van der Waals surface area contributed by atoms with Gasteiger partial charge in [0.05, 0.1) is 5.52 Å². The summed E-state index contributed by atoms with van der Waals surface area (Å²) in [6.07, 6.45) is 5.76. The van der Waals surface area contributed by atoms with Crippen molar-refractivity contribution >= 4 is 27.2 Å². The van der Waals surface area contributed by atoms with Crippen LogP contribution in [0.1, 0.15) is 23.7 Å². The van der Waals surface area contributed by atoms with Crippen LogP contribution in [-0.4, -0.2) is 23.4 Å². The fraction of sp³-hybridized carbons (Fsp3) is 0.188. The molecule has 114 valence electrons. The molecule has 1 heterocycles. The standard InChI is InChI=1S/C16H14FNO3S/c1-16(8-6-13(17)7-9-16)22(20,21)18-10-12(11-19)14-4-2-3-5-15(14)18/h2-8,10-11H,9H2,1H3. The number of para-hydroxylation sites is 1. The molecule has 1 unspecified atom stereocenters. The van der Waals surface area contributed by atoms with Crippen molar-refractivity contribution in [2.45, 2.75) is 18.1 Å². The van der Waals surface area contributed by atoms with Gasteiger partial charge in [0, 0.05) is 17.1 Å². The number of fused-ring (bicyclic) bond motifs is 1. The number of hydrogen-bond acceptors (Lipinski definition) is 3. The highest BCUT2D eigenvalue weighted by atomic mass is 32.2. The number of aldehydes is 1. The molecule has 0 aliphatic heterocycles. The summed E-state index contributed by atoms with van der Waals surface area (Å²) in [4.78, 5) is 11.2. The lowest BCUT2D eigenvalue weighted by Gasteiger charge is -2.27. The van der Waals surface area contributed by atoms with Gasteiger partial charge < -0.3 is 0 Å². The maximum Gasteiger partial charge on any atom is 0.248 e. The lowest BCUT2D eigenvalue weighted by atomic mass is 10.0. The molecule has 1 atom stereocenters. The number of benzene rings is 1. The van der Waals surface area contributed by atoms with Crippen LogP contribution in [-0.2, 0) is 10.0 Å². The second-order valence-electron chi connectivity index (χ2n) is 5.46. The van der Waals surface area contributed by atoms with Crippen molar-refractivity contribution in [3.05, 3.63) is 60.1 Å². The Hall–Kier alpha value is -2.21. The van der Waals surface area contributed by atoms with Crippen molar-refractivity contribution in [3.63, 3.8) is 0 Å². The predicted molar refractivity (Wildman–Crippen MR) is 83.0 cm³/mol. The number of rotatable bonds is 3. The Balaban J connectivity index is 2.23. The van der Waals surface area contributed by atoms with Gasteiger partial charge in [-0.3, -0.25) is 4.79 Å². The van der Waals surface area contributed by atoms with E-state index in [4.69, 9.17) is 0 Å². The third-order valence-corrected chi connectivity index (χ3v) is 6.28. The first-order chi connectivity index (χ1) is 10.4. The fourth-order valence-corrected chi connectivity index (χ4v) is 4.23. The average molecular weight is 319 g/mol.